The molecule has 0 aromatic heterocycles. The molecular weight excluding hydrogens is 1120 g/mol. The fraction of sp³-hybridized carbons (Fsp3) is 0.460. The van der Waals surface area contributed by atoms with Gasteiger partial charge in [-0.15, -0.1) is 6.54 Å². The molecule has 13 atom stereocenters. The van der Waals surface area contributed by atoms with Gasteiger partial charge >= 0.3 is 30.0 Å². The van der Waals surface area contributed by atoms with Gasteiger partial charge in [-0.25, -0.2) is 14.4 Å². The summed E-state index contributed by atoms with van der Waals surface area (Å²) in [6.45, 7) is 13.5. The Hall–Kier alpha value is -6.73. The number of aliphatic hydroxyl groups excluding tert-OH is 1. The fourth-order valence-corrected chi connectivity index (χ4v) is 12.5. The molecule has 1 heterocycles. The van der Waals surface area contributed by atoms with Crippen molar-refractivity contribution >= 4 is 47.6 Å². The number of hydrogen-bond acceptors (Lipinski definition) is 17. The number of fused-ring (bicyclic) bond motifs is 5. The van der Waals surface area contributed by atoms with Gasteiger partial charge in [-0.05, 0) is 86.6 Å². The second-order valence-corrected chi connectivity index (χ2v) is 22.2. The molecule has 83 heavy (non-hydrogen) atoms. The maximum Gasteiger partial charge on any atom is 0.509 e. The van der Waals surface area contributed by atoms with Crippen LogP contribution < -0.4 is 10.6 Å². The van der Waals surface area contributed by atoms with Gasteiger partial charge in [0.25, 0.3) is 5.91 Å². The first kappa shape index (κ1) is 68.8. The maximum atomic E-state index is 15.8. The number of amides is 2. The molecule has 5 aliphatic rings. The third-order valence-corrected chi connectivity index (χ3v) is 17.0. The van der Waals surface area contributed by atoms with Crippen LogP contribution in [0.1, 0.15) is 119 Å². The van der Waals surface area contributed by atoms with Gasteiger partial charge in [0.05, 0.1) is 29.6 Å². The van der Waals surface area contributed by atoms with E-state index >= 15 is 9.59 Å². The van der Waals surface area contributed by atoms with Crippen LogP contribution in [0.4, 0.5) is 4.79 Å². The molecule has 0 unspecified atom stereocenters. The van der Waals surface area contributed by atoms with Crippen molar-refractivity contribution in [3.05, 3.63) is 160 Å². The molecular formula is C63H78N2NiO17-4. The maximum absolute atomic E-state index is 15.8. The van der Waals surface area contributed by atoms with E-state index in [0.29, 0.717) is 19.3 Å². The van der Waals surface area contributed by atoms with Gasteiger partial charge < -0.3 is 83.2 Å². The molecule has 1 saturated heterocycles. The summed E-state index contributed by atoms with van der Waals surface area (Å²) in [4.78, 5) is 114. The third-order valence-electron chi connectivity index (χ3n) is 17.0. The summed E-state index contributed by atoms with van der Waals surface area (Å²) >= 11 is 0. The van der Waals surface area contributed by atoms with E-state index in [4.69, 9.17) is 33.2 Å². The normalized spacial score (nSPS) is 30.3. The number of esters is 4. The molecule has 4 aliphatic carbocycles. The van der Waals surface area contributed by atoms with E-state index in [9.17, 15) is 39.0 Å². The summed E-state index contributed by atoms with van der Waals surface area (Å²) < 4.78 is 42.9. The van der Waals surface area contributed by atoms with Crippen molar-refractivity contribution in [2.75, 3.05) is 13.2 Å². The molecule has 456 valence electrons. The van der Waals surface area contributed by atoms with Crippen molar-refractivity contribution in [1.82, 2.24) is 10.6 Å². The van der Waals surface area contributed by atoms with Crippen molar-refractivity contribution in [3.8, 4) is 0 Å². The molecule has 2 bridgehead atoms. The predicted octanol–water partition coefficient (Wildman–Crippen LogP) is 7.70. The van der Waals surface area contributed by atoms with Crippen LogP contribution in [0.25, 0.3) is 0 Å². The average molecular weight is 1190 g/mol. The first-order chi connectivity index (χ1) is 37.4. The number of benzene rings is 3. The van der Waals surface area contributed by atoms with Crippen molar-refractivity contribution in [2.45, 2.75) is 147 Å². The smallest absolute Gasteiger partial charge is 0.455 e. The molecule has 19 nitrogen and oxygen atoms in total. The molecule has 4 N–H and O–H groups in total. The summed E-state index contributed by atoms with van der Waals surface area (Å²) in [7, 11) is 0. The Kier molecular flexibility index (Phi) is 22.6. The van der Waals surface area contributed by atoms with Crippen molar-refractivity contribution in [1.29, 1.82) is 0 Å². The van der Waals surface area contributed by atoms with Crippen molar-refractivity contribution < 1.29 is 98.2 Å². The van der Waals surface area contributed by atoms with Gasteiger partial charge in [-0.3, -0.25) is 24.0 Å². The van der Waals surface area contributed by atoms with E-state index in [1.807, 2.05) is 6.92 Å². The zero-order chi connectivity index (χ0) is 57.2. The molecule has 3 aromatic rings. The number of Topliss-reactive ketones (excluding diaryl/α,β-unsaturated/α-hetero) is 1. The van der Waals surface area contributed by atoms with Crippen LogP contribution in [0.3, 0.4) is 0 Å². The summed E-state index contributed by atoms with van der Waals surface area (Å²) in [6, 6.07) is 22.5. The Morgan fingerprint density at radius 3 is 1.98 bits per heavy atom. The standard InChI is InChI=1S/C60H69N2O17.3CH3.Ni/c1-9-61-54(70)57(7)29-20-19-27-40(28-30-57)75-55(71)77-47(45(37-21-13-10-14-22-37)62-51(67)38-23-15-11-16-24-38)53(69)76-41-32-60(72)50(78-52(68)39-25-17-12-18-26-39)48-58(8,42(65)31-43-59(48,33-73-43)79-36(4)64)49(66)46(74-35(3)63)44(34(41)2)56(60,5)6;;;;/h10-19,21-27,40-43,45-48,50,65,72H,1,9,20,28-33H2,2-8H3,(H,61,70)(H,62,67);3*1H3;/q4*-1;/b27-19+;;;;/t40-,41-,42-,43+,45-,46+,47+,48-,50-,57+,58+,59-,60+;;;;/m0..../s1. The third kappa shape index (κ3) is 13.2. The van der Waals surface area contributed by atoms with E-state index in [0.717, 1.165) is 13.8 Å². The quantitative estimate of drug-likeness (QED) is 0.0396. The second kappa shape index (κ2) is 27.3. The Bertz CT molecular complexity index is 2900. The molecule has 0 spiro atoms. The first-order valence-corrected chi connectivity index (χ1v) is 26.5. The number of aliphatic hydroxyl groups is 2. The minimum atomic E-state index is -2.51. The van der Waals surface area contributed by atoms with Crippen molar-refractivity contribution in [2.24, 2.45) is 22.2 Å². The van der Waals surface area contributed by atoms with Crippen LogP contribution in [-0.2, 0) is 73.6 Å². The van der Waals surface area contributed by atoms with Crippen LogP contribution in [0.2, 0.25) is 0 Å². The first-order valence-electron chi connectivity index (χ1n) is 26.5. The average Bonchev–Trinajstić information content (AvgIpc) is 3.53. The minimum absolute atomic E-state index is 0. The van der Waals surface area contributed by atoms with E-state index in [-0.39, 0.29) is 98.5 Å². The largest absolute Gasteiger partial charge is 0.509 e. The van der Waals surface area contributed by atoms with E-state index in [1.165, 1.54) is 38.1 Å². The van der Waals surface area contributed by atoms with Gasteiger partial charge in [-0.2, -0.15) is 0 Å². The molecule has 0 radical (unpaired) electrons. The zero-order valence-electron chi connectivity index (χ0n) is 48.7. The van der Waals surface area contributed by atoms with Crippen LogP contribution in [0, 0.1) is 51.4 Å². The summed E-state index contributed by atoms with van der Waals surface area (Å²) in [5.41, 5.74) is -8.56. The van der Waals surface area contributed by atoms with Crippen molar-refractivity contribution in [3.63, 3.8) is 0 Å². The van der Waals surface area contributed by atoms with E-state index in [1.54, 1.807) is 92.7 Å². The van der Waals surface area contributed by atoms with Crippen LogP contribution in [-0.4, -0.2) is 125 Å². The van der Waals surface area contributed by atoms with Gasteiger partial charge in [0.15, 0.2) is 17.5 Å². The van der Waals surface area contributed by atoms with Crippen LogP contribution >= 0.6 is 0 Å². The Morgan fingerprint density at radius 2 is 1.41 bits per heavy atom. The SMILES string of the molecule is [CH2-]CNC(=O)[C@]1(C)CC/C=C/[C@H](OC(=O)O[C@@H](C(=O)O[C@H]2C[C@@]3(O)[C@@H](OC(=O)c4ccccc4)[C@@H]4[C@]5(OC(C)=O)CO[C@@H]5C[C@H](O)[C@@]4(C)C(=O)[C@H](OC(C)=O)C(=C2C)C3(C)C)[C@@H](NC(=O)c2ccccc2)c2ccccc2)CC1.[CH3-].[CH3-].[CH3-].[Ni]. The van der Waals surface area contributed by atoms with Gasteiger partial charge in [0.1, 0.15) is 36.1 Å². The molecule has 2 amide bonds. The van der Waals surface area contributed by atoms with Crippen LogP contribution in [0.5, 0.6) is 0 Å². The number of carbonyl (C=O) groups excluding carboxylic acids is 8. The molecule has 20 heteroatoms. The molecule has 8 rings (SSSR count). The predicted molar refractivity (Wildman–Crippen MR) is 300 cm³/mol. The Labute approximate surface area is 496 Å². The number of ether oxygens (including phenoxy) is 7. The number of hydrogen-bond donors (Lipinski definition) is 4. The fourth-order valence-electron chi connectivity index (χ4n) is 12.5. The van der Waals surface area contributed by atoms with E-state index < -0.39 is 130 Å². The van der Waals surface area contributed by atoms with Gasteiger partial charge in [0.2, 0.25) is 12.0 Å². The molecule has 1 aliphatic heterocycles. The summed E-state index contributed by atoms with van der Waals surface area (Å²) in [6.07, 6.45) is -8.54. The summed E-state index contributed by atoms with van der Waals surface area (Å²) in [5.74, 6) is -7.45. The number of ketones is 1. The number of carbonyl (C=O) groups is 8. The Balaban J connectivity index is 0.00000370. The second-order valence-electron chi connectivity index (χ2n) is 22.2. The van der Waals surface area contributed by atoms with E-state index in [2.05, 4.69) is 17.6 Å². The zero-order valence-corrected chi connectivity index (χ0v) is 49.7. The summed E-state index contributed by atoms with van der Waals surface area (Å²) in [5, 5.41) is 32.0. The number of rotatable bonds is 14. The molecule has 3 fully saturated rings. The van der Waals surface area contributed by atoms with Crippen LogP contribution in [0.15, 0.2) is 114 Å². The minimum Gasteiger partial charge on any atom is -0.455 e. The van der Waals surface area contributed by atoms with Gasteiger partial charge in [0, 0.05) is 59.6 Å². The molecule has 3 aromatic carbocycles. The monoisotopic (exact) mass is 1190 g/mol. The van der Waals surface area contributed by atoms with Gasteiger partial charge in [-0.1, -0.05) is 93.6 Å². The number of allylic oxidation sites excluding steroid dienone is 1. The number of nitrogens with one attached hydrogen (secondary N) is 2. The molecule has 2 saturated carbocycles. The Morgan fingerprint density at radius 1 is 0.807 bits per heavy atom. The topological polar surface area (TPSA) is 266 Å².